The molecule has 0 aliphatic heterocycles. The molecule has 1 aromatic carbocycles. The maximum Gasteiger partial charge on any atom is 0.294 e. The molecule has 0 saturated carbocycles. The summed E-state index contributed by atoms with van der Waals surface area (Å²) in [6.45, 7) is 11.5. The number of unbranched alkanes of at least 4 members (excludes halogenated alkanes) is 18. The van der Waals surface area contributed by atoms with Gasteiger partial charge in [0.1, 0.15) is 6.54 Å². The molecule has 0 unspecified atom stereocenters. The van der Waals surface area contributed by atoms with E-state index in [4.69, 9.17) is 0 Å². The van der Waals surface area contributed by atoms with Gasteiger partial charge in [0.2, 0.25) is 0 Å². The van der Waals surface area contributed by atoms with E-state index < -0.39 is 10.1 Å². The zero-order valence-corrected chi connectivity index (χ0v) is 26.9. The van der Waals surface area contributed by atoms with Gasteiger partial charge in [-0.25, -0.2) is 0 Å². The van der Waals surface area contributed by atoms with E-state index in [0.29, 0.717) is 0 Å². The van der Waals surface area contributed by atoms with E-state index in [0.717, 1.165) is 11.0 Å². The maximum atomic E-state index is 11.6. The second-order valence-electron chi connectivity index (χ2n) is 12.2. The molecule has 0 radical (unpaired) electrons. The van der Waals surface area contributed by atoms with Crippen molar-refractivity contribution >= 4 is 10.1 Å². The Morgan fingerprint density at radius 1 is 0.513 bits per heavy atom. The third-order valence-corrected chi connectivity index (χ3v) is 9.32. The zero-order valence-electron chi connectivity index (χ0n) is 26.1. The molecule has 0 bridgehead atoms. The standard InChI is InChI=1S/C34H63NO3S/c1-4-7-10-13-16-19-22-29-35(30-23-20-17-14-11-8-5-2,31-24-21-18-15-12-9-6-3)32-33-25-27-34(28-26-33)39(36,37)38/h25-28H,4-24,29-32H2,1-3H3/p+1. The fourth-order valence-electron chi connectivity index (χ4n) is 5.94. The molecule has 0 amide bonds. The highest BCUT2D eigenvalue weighted by Gasteiger charge is 2.27. The van der Waals surface area contributed by atoms with Gasteiger partial charge in [0.15, 0.2) is 0 Å². The van der Waals surface area contributed by atoms with Gasteiger partial charge in [-0.2, -0.15) is 8.42 Å². The minimum atomic E-state index is -4.15. The van der Waals surface area contributed by atoms with Crippen molar-refractivity contribution < 1.29 is 17.5 Å². The van der Waals surface area contributed by atoms with Crippen molar-refractivity contribution in [3.63, 3.8) is 0 Å². The first-order valence-corrected chi connectivity index (χ1v) is 18.2. The lowest BCUT2D eigenvalue weighted by Crippen LogP contribution is -2.49. The summed E-state index contributed by atoms with van der Waals surface area (Å²) >= 11 is 0. The van der Waals surface area contributed by atoms with Gasteiger partial charge in [0.05, 0.1) is 24.5 Å². The Balaban J connectivity index is 2.88. The van der Waals surface area contributed by atoms with Crippen molar-refractivity contribution in [2.24, 2.45) is 0 Å². The van der Waals surface area contributed by atoms with Crippen LogP contribution in [0.4, 0.5) is 0 Å². The molecule has 1 rings (SSSR count). The normalized spacial score (nSPS) is 12.3. The topological polar surface area (TPSA) is 54.4 Å². The lowest BCUT2D eigenvalue weighted by molar-refractivity contribution is -0.941. The molecule has 1 aromatic rings. The fraction of sp³-hybridized carbons (Fsp3) is 0.824. The number of hydrogen-bond acceptors (Lipinski definition) is 2. The molecular weight excluding hydrogens is 502 g/mol. The second-order valence-corrected chi connectivity index (χ2v) is 13.6. The number of nitrogens with zero attached hydrogens (tertiary/aromatic N) is 1. The first-order valence-electron chi connectivity index (χ1n) is 16.8. The van der Waals surface area contributed by atoms with Gasteiger partial charge in [-0.15, -0.1) is 0 Å². The molecule has 0 spiro atoms. The lowest BCUT2D eigenvalue weighted by atomic mass is 10.0. The van der Waals surface area contributed by atoms with E-state index in [1.54, 1.807) is 12.1 Å². The maximum absolute atomic E-state index is 11.6. The molecule has 4 nitrogen and oxygen atoms in total. The second kappa shape index (κ2) is 22.7. The molecule has 39 heavy (non-hydrogen) atoms. The van der Waals surface area contributed by atoms with Gasteiger partial charge in [-0.3, -0.25) is 4.55 Å². The minimum Gasteiger partial charge on any atom is -0.320 e. The Hall–Kier alpha value is -0.910. The molecule has 5 heteroatoms. The summed E-state index contributed by atoms with van der Waals surface area (Å²) in [5.74, 6) is 0. The molecule has 228 valence electrons. The molecule has 0 atom stereocenters. The van der Waals surface area contributed by atoms with Crippen LogP contribution in [0.2, 0.25) is 0 Å². The highest BCUT2D eigenvalue weighted by molar-refractivity contribution is 7.85. The van der Waals surface area contributed by atoms with Gasteiger partial charge in [-0.1, -0.05) is 129 Å². The molecule has 1 N–H and O–H groups in total. The molecule has 0 aromatic heterocycles. The van der Waals surface area contributed by atoms with Crippen LogP contribution in [0.15, 0.2) is 29.2 Å². The van der Waals surface area contributed by atoms with Gasteiger partial charge in [-0.05, 0) is 50.7 Å². The molecule has 0 heterocycles. The van der Waals surface area contributed by atoms with E-state index in [2.05, 4.69) is 20.8 Å². The van der Waals surface area contributed by atoms with Crippen molar-refractivity contribution in [2.45, 2.75) is 167 Å². The van der Waals surface area contributed by atoms with Crippen LogP contribution in [0.25, 0.3) is 0 Å². The summed E-state index contributed by atoms with van der Waals surface area (Å²) in [6.07, 6.45) is 28.0. The van der Waals surface area contributed by atoms with Crippen molar-refractivity contribution in [2.75, 3.05) is 19.6 Å². The predicted octanol–water partition coefficient (Wildman–Crippen LogP) is 10.5. The average molecular weight is 567 g/mol. The van der Waals surface area contributed by atoms with E-state index in [9.17, 15) is 13.0 Å². The summed E-state index contributed by atoms with van der Waals surface area (Å²) in [5.41, 5.74) is 1.19. The van der Waals surface area contributed by atoms with Crippen LogP contribution in [-0.2, 0) is 16.7 Å². The van der Waals surface area contributed by atoms with Gasteiger partial charge >= 0.3 is 0 Å². The highest BCUT2D eigenvalue weighted by Crippen LogP contribution is 2.23. The average Bonchev–Trinajstić information content (AvgIpc) is 2.91. The lowest BCUT2D eigenvalue weighted by Gasteiger charge is -2.39. The molecular formula is C34H64NO3S+. The zero-order chi connectivity index (χ0) is 28.7. The first-order chi connectivity index (χ1) is 18.9. The highest BCUT2D eigenvalue weighted by atomic mass is 32.2. The Kier molecular flexibility index (Phi) is 21.1. The predicted molar refractivity (Wildman–Crippen MR) is 169 cm³/mol. The summed E-state index contributed by atoms with van der Waals surface area (Å²) in [5, 5.41) is 0. The Bertz CT molecular complexity index is 746. The Morgan fingerprint density at radius 3 is 1.13 bits per heavy atom. The summed E-state index contributed by atoms with van der Waals surface area (Å²) in [7, 11) is -4.15. The van der Waals surface area contributed by atoms with Crippen molar-refractivity contribution in [3.05, 3.63) is 29.8 Å². The number of quaternary nitrogens is 1. The van der Waals surface area contributed by atoms with Crippen LogP contribution in [0, 0.1) is 0 Å². The van der Waals surface area contributed by atoms with E-state index in [1.807, 2.05) is 12.1 Å². The van der Waals surface area contributed by atoms with Crippen molar-refractivity contribution in [1.29, 1.82) is 0 Å². The monoisotopic (exact) mass is 566 g/mol. The van der Waals surface area contributed by atoms with Gasteiger partial charge in [0, 0.05) is 5.56 Å². The summed E-state index contributed by atoms with van der Waals surface area (Å²) in [6, 6.07) is 7.01. The first kappa shape index (κ1) is 36.1. The van der Waals surface area contributed by atoms with E-state index in [-0.39, 0.29) is 4.90 Å². The Labute approximate surface area is 243 Å². The molecule has 0 aliphatic rings. The van der Waals surface area contributed by atoms with Crippen LogP contribution in [0.5, 0.6) is 0 Å². The summed E-state index contributed by atoms with van der Waals surface area (Å²) in [4.78, 5) is -0.00409. The number of rotatable bonds is 27. The third kappa shape index (κ3) is 18.2. The summed E-state index contributed by atoms with van der Waals surface area (Å²) < 4.78 is 33.7. The molecule has 0 aliphatic carbocycles. The quantitative estimate of drug-likeness (QED) is 0.0654. The van der Waals surface area contributed by atoms with Crippen molar-refractivity contribution in [3.8, 4) is 0 Å². The minimum absolute atomic E-state index is 0.00409. The van der Waals surface area contributed by atoms with Crippen LogP contribution in [0.1, 0.15) is 161 Å². The smallest absolute Gasteiger partial charge is 0.294 e. The van der Waals surface area contributed by atoms with E-state index >= 15 is 0 Å². The van der Waals surface area contributed by atoms with Crippen LogP contribution < -0.4 is 0 Å². The third-order valence-electron chi connectivity index (χ3n) is 8.45. The van der Waals surface area contributed by atoms with Crippen LogP contribution in [0.3, 0.4) is 0 Å². The fourth-order valence-corrected chi connectivity index (χ4v) is 6.42. The van der Waals surface area contributed by atoms with Crippen LogP contribution in [-0.4, -0.2) is 37.1 Å². The largest absolute Gasteiger partial charge is 0.320 e. The van der Waals surface area contributed by atoms with Crippen molar-refractivity contribution in [1.82, 2.24) is 0 Å². The number of benzene rings is 1. The van der Waals surface area contributed by atoms with E-state index in [1.165, 1.54) is 160 Å². The SMILES string of the molecule is CCCCCCCCC[N+](CCCCCCCCC)(CCCCCCCCC)Cc1ccc(S(=O)(=O)O)cc1. The van der Waals surface area contributed by atoms with Gasteiger partial charge in [0.25, 0.3) is 10.1 Å². The van der Waals surface area contributed by atoms with Crippen LogP contribution >= 0.6 is 0 Å². The number of hydrogen-bond donors (Lipinski definition) is 1. The molecule has 0 fully saturated rings. The van der Waals surface area contributed by atoms with Gasteiger partial charge < -0.3 is 4.48 Å². The molecule has 0 saturated heterocycles. The Morgan fingerprint density at radius 2 is 0.821 bits per heavy atom.